The quantitative estimate of drug-likeness (QED) is 0.0930. The first-order chi connectivity index (χ1) is 22.1. The number of ether oxygens (including phenoxy) is 1. The van der Waals surface area contributed by atoms with Crippen LogP contribution in [0, 0.1) is 0 Å². The average molecular weight is 632 g/mol. The lowest BCUT2D eigenvalue weighted by Gasteiger charge is -2.26. The molecule has 0 saturated heterocycles. The summed E-state index contributed by atoms with van der Waals surface area (Å²) in [6, 6.07) is 13.5. The van der Waals surface area contributed by atoms with E-state index < -0.39 is 5.97 Å². The van der Waals surface area contributed by atoms with E-state index >= 15 is 0 Å². The number of benzene rings is 1. The maximum atomic E-state index is 14.0. The summed E-state index contributed by atoms with van der Waals surface area (Å²) in [5.74, 6) is -0.679. The lowest BCUT2D eigenvalue weighted by atomic mass is 10.00. The van der Waals surface area contributed by atoms with Gasteiger partial charge in [-0.25, -0.2) is 0 Å². The van der Waals surface area contributed by atoms with E-state index in [0.29, 0.717) is 16.8 Å². The molecule has 0 saturated carbocycles. The van der Waals surface area contributed by atoms with E-state index in [1.165, 1.54) is 49.2 Å². The summed E-state index contributed by atoms with van der Waals surface area (Å²) >= 11 is 0. The zero-order valence-corrected chi connectivity index (χ0v) is 29.4. The fourth-order valence-corrected chi connectivity index (χ4v) is 5.84. The number of aryl methyl sites for hydroxylation is 2. The van der Waals surface area contributed by atoms with Crippen LogP contribution < -0.4 is 0 Å². The summed E-state index contributed by atoms with van der Waals surface area (Å²) in [7, 11) is 0. The van der Waals surface area contributed by atoms with Gasteiger partial charge in [0.1, 0.15) is 6.54 Å². The Morgan fingerprint density at radius 3 is 1.98 bits per heavy atom. The fraction of sp³-hybridized carbons (Fsp3) is 0.564. The number of fused-ring (bicyclic) bond motifs is 1. The fourth-order valence-electron chi connectivity index (χ4n) is 5.84. The van der Waals surface area contributed by atoms with Gasteiger partial charge in [0.15, 0.2) is 0 Å². The van der Waals surface area contributed by atoms with E-state index in [4.69, 9.17) is 4.74 Å². The van der Waals surface area contributed by atoms with Crippen molar-refractivity contribution in [1.82, 2.24) is 14.2 Å². The molecule has 2 heterocycles. The van der Waals surface area contributed by atoms with Crippen molar-refractivity contribution >= 4 is 23.2 Å². The van der Waals surface area contributed by atoms with Crippen molar-refractivity contribution in [3.63, 3.8) is 0 Å². The summed E-state index contributed by atoms with van der Waals surface area (Å²) < 4.78 is 7.21. The molecule has 3 rings (SSSR count). The van der Waals surface area contributed by atoms with Gasteiger partial charge >= 0.3 is 5.97 Å². The number of carbonyl (C=O) groups excluding carboxylic acids is 3. The van der Waals surface area contributed by atoms with Gasteiger partial charge in [0.2, 0.25) is 5.78 Å². The van der Waals surface area contributed by atoms with Crippen LogP contribution in [0.25, 0.3) is 5.52 Å². The zero-order chi connectivity index (χ0) is 33.6. The lowest BCUT2D eigenvalue weighted by Crippen LogP contribution is -2.41. The van der Waals surface area contributed by atoms with Gasteiger partial charge in [-0.2, -0.15) is 0 Å². The second kappa shape index (κ2) is 18.6. The van der Waals surface area contributed by atoms with Crippen molar-refractivity contribution in [3.05, 3.63) is 76.6 Å². The first kappa shape index (κ1) is 37.0. The van der Waals surface area contributed by atoms with E-state index in [2.05, 4.69) is 37.8 Å². The van der Waals surface area contributed by atoms with Crippen molar-refractivity contribution in [2.45, 2.75) is 118 Å². The van der Waals surface area contributed by atoms with E-state index in [0.717, 1.165) is 49.7 Å². The van der Waals surface area contributed by atoms with Crippen LogP contribution >= 0.6 is 0 Å². The van der Waals surface area contributed by atoms with E-state index in [-0.39, 0.29) is 30.4 Å². The third-order valence-electron chi connectivity index (χ3n) is 8.48. The largest absolute Gasteiger partial charge is 0.462 e. The Morgan fingerprint density at radius 2 is 1.39 bits per heavy atom. The number of carbonyl (C=O) groups is 3. The van der Waals surface area contributed by atoms with Crippen molar-refractivity contribution in [2.75, 3.05) is 26.2 Å². The number of pyridine rings is 1. The van der Waals surface area contributed by atoms with E-state index in [1.54, 1.807) is 19.9 Å². The molecule has 0 N–H and O–H groups in total. The molecule has 0 aliphatic rings. The molecule has 7 heteroatoms. The minimum atomic E-state index is -0.428. The Labute approximate surface area is 277 Å². The topological polar surface area (TPSA) is 71.3 Å². The Kier molecular flexibility index (Phi) is 15.0. The zero-order valence-electron chi connectivity index (χ0n) is 29.4. The minimum Gasteiger partial charge on any atom is -0.462 e. The molecule has 7 nitrogen and oxygen atoms in total. The van der Waals surface area contributed by atoms with Crippen LogP contribution in [-0.4, -0.2) is 70.2 Å². The summed E-state index contributed by atoms with van der Waals surface area (Å²) in [5, 5.41) is 0. The number of aromatic nitrogens is 1. The SMILES string of the molecule is CCCCc1cc2cc(C(=O)N(CC(=O)OC(C)C)C(C)C)ccn2c1C(=O)c1ccc(CCCN(CCCC)CCCC)cc1. The Bertz CT molecular complexity index is 1400. The normalized spacial score (nSPS) is 11.6. The number of rotatable bonds is 20. The molecule has 0 radical (unpaired) electrons. The highest BCUT2D eigenvalue weighted by Gasteiger charge is 2.25. The molecule has 0 aliphatic heterocycles. The summed E-state index contributed by atoms with van der Waals surface area (Å²) in [5.41, 5.74) is 4.83. The second-order valence-electron chi connectivity index (χ2n) is 13.1. The van der Waals surface area contributed by atoms with Gasteiger partial charge < -0.3 is 18.9 Å². The molecule has 252 valence electrons. The smallest absolute Gasteiger partial charge is 0.325 e. The minimum absolute atomic E-state index is 0.0118. The van der Waals surface area contributed by atoms with Gasteiger partial charge in [-0.3, -0.25) is 14.4 Å². The van der Waals surface area contributed by atoms with Crippen molar-refractivity contribution in [2.24, 2.45) is 0 Å². The first-order valence-corrected chi connectivity index (χ1v) is 17.6. The molecule has 0 atom stereocenters. The predicted molar refractivity (Wildman–Crippen MR) is 188 cm³/mol. The molecule has 3 aromatic rings. The van der Waals surface area contributed by atoms with Crippen LogP contribution in [0.2, 0.25) is 0 Å². The molecule has 0 aliphatic carbocycles. The van der Waals surface area contributed by atoms with Gasteiger partial charge in [-0.15, -0.1) is 0 Å². The molecular weight excluding hydrogens is 574 g/mol. The van der Waals surface area contributed by atoms with Gasteiger partial charge in [0.05, 0.1) is 11.8 Å². The molecule has 1 aromatic carbocycles. The maximum absolute atomic E-state index is 14.0. The highest BCUT2D eigenvalue weighted by molar-refractivity contribution is 6.10. The number of hydrogen-bond donors (Lipinski definition) is 0. The van der Waals surface area contributed by atoms with Crippen LogP contribution in [0.3, 0.4) is 0 Å². The third kappa shape index (κ3) is 10.5. The van der Waals surface area contributed by atoms with Crippen molar-refractivity contribution < 1.29 is 19.1 Å². The molecule has 0 fully saturated rings. The number of amides is 1. The molecule has 0 spiro atoms. The summed E-state index contributed by atoms with van der Waals surface area (Å²) in [6.07, 6.45) is 11.4. The van der Waals surface area contributed by atoms with Crippen molar-refractivity contribution in [1.29, 1.82) is 0 Å². The van der Waals surface area contributed by atoms with Gasteiger partial charge in [-0.05, 0) is 115 Å². The molecule has 2 aromatic heterocycles. The van der Waals surface area contributed by atoms with Crippen LogP contribution in [-0.2, 0) is 22.4 Å². The van der Waals surface area contributed by atoms with Crippen LogP contribution in [0.4, 0.5) is 0 Å². The standard InChI is InChI=1S/C39H57N3O4/c1-8-11-16-33-26-35-27-34(39(45)42(29(4)5)28-36(43)46-30(6)7)21-25-41(35)37(33)38(44)32-19-17-31(18-20-32)15-14-24-40(22-12-9-2)23-13-10-3/h17-21,25-27,29-30H,8-16,22-24,28H2,1-7H3. The Hall–Kier alpha value is -3.45. The maximum Gasteiger partial charge on any atom is 0.325 e. The molecular formula is C39H57N3O4. The average Bonchev–Trinajstić information content (AvgIpc) is 3.40. The Balaban J connectivity index is 1.80. The third-order valence-corrected chi connectivity index (χ3v) is 8.48. The summed E-state index contributed by atoms with van der Waals surface area (Å²) in [4.78, 5) is 44.0. The second-order valence-corrected chi connectivity index (χ2v) is 13.1. The van der Waals surface area contributed by atoms with Crippen LogP contribution in [0.5, 0.6) is 0 Å². The molecule has 0 unspecified atom stereocenters. The van der Waals surface area contributed by atoms with Gasteiger partial charge in [0.25, 0.3) is 5.91 Å². The Morgan fingerprint density at radius 1 is 0.761 bits per heavy atom. The number of nitrogens with zero attached hydrogens (tertiary/aromatic N) is 3. The summed E-state index contributed by atoms with van der Waals surface area (Å²) in [6.45, 7) is 17.3. The molecule has 1 amide bonds. The van der Waals surface area contributed by atoms with Crippen LogP contribution in [0.15, 0.2) is 48.7 Å². The number of esters is 1. The van der Waals surface area contributed by atoms with Crippen molar-refractivity contribution in [3.8, 4) is 0 Å². The highest BCUT2D eigenvalue weighted by atomic mass is 16.5. The monoisotopic (exact) mass is 631 g/mol. The van der Waals surface area contributed by atoms with Crippen LogP contribution in [0.1, 0.15) is 131 Å². The molecule has 46 heavy (non-hydrogen) atoms. The van der Waals surface area contributed by atoms with Gasteiger partial charge in [0, 0.05) is 28.9 Å². The first-order valence-electron chi connectivity index (χ1n) is 17.6. The van der Waals surface area contributed by atoms with Gasteiger partial charge in [-0.1, -0.05) is 64.3 Å². The number of unbranched alkanes of at least 4 members (excludes halogenated alkanes) is 3. The number of hydrogen-bond acceptors (Lipinski definition) is 5. The highest BCUT2D eigenvalue weighted by Crippen LogP contribution is 2.24. The predicted octanol–water partition coefficient (Wildman–Crippen LogP) is 8.15. The molecule has 0 bridgehead atoms. The lowest BCUT2D eigenvalue weighted by molar-refractivity contribution is -0.148. The number of ketones is 1. The van der Waals surface area contributed by atoms with E-state index in [1.807, 2.05) is 48.7 Å². The van der Waals surface area contributed by atoms with E-state index in [9.17, 15) is 14.4 Å².